The van der Waals surface area contributed by atoms with Gasteiger partial charge < -0.3 is 14.2 Å². The number of hydrogen-bond donors (Lipinski definition) is 0. The van der Waals surface area contributed by atoms with E-state index in [4.69, 9.17) is 14.2 Å². The molecule has 2 aliphatic rings. The van der Waals surface area contributed by atoms with Crippen molar-refractivity contribution < 1.29 is 14.2 Å². The lowest BCUT2D eigenvalue weighted by Gasteiger charge is -2.13. The third kappa shape index (κ3) is 2.93. The Morgan fingerprint density at radius 2 is 1.46 bits per heavy atom. The van der Waals surface area contributed by atoms with Gasteiger partial charge in [0.15, 0.2) is 0 Å². The molecule has 0 aliphatic carbocycles. The van der Waals surface area contributed by atoms with E-state index in [0.29, 0.717) is 12.2 Å². The monoisotopic (exact) mass is 186 g/mol. The Kier molecular flexibility index (Phi) is 3.58. The molecule has 0 radical (unpaired) electrons. The second-order valence-corrected chi connectivity index (χ2v) is 3.81. The van der Waals surface area contributed by atoms with Crippen molar-refractivity contribution >= 4 is 0 Å². The minimum atomic E-state index is 0.349. The van der Waals surface area contributed by atoms with Crippen LogP contribution in [0.4, 0.5) is 0 Å². The summed E-state index contributed by atoms with van der Waals surface area (Å²) in [6.07, 6.45) is 5.39. The first-order valence-electron chi connectivity index (χ1n) is 5.26. The highest BCUT2D eigenvalue weighted by Crippen LogP contribution is 2.14. The van der Waals surface area contributed by atoms with E-state index in [1.54, 1.807) is 0 Å². The molecule has 0 aromatic heterocycles. The van der Waals surface area contributed by atoms with Crippen LogP contribution in [0.25, 0.3) is 0 Å². The maximum absolute atomic E-state index is 5.55. The van der Waals surface area contributed by atoms with Gasteiger partial charge >= 0.3 is 0 Å². The standard InChI is InChI=1S/C10H18O3/c1-3-9(12-5-1)7-11-8-10-4-2-6-13-10/h9-10H,1-8H2/t9-,10-/m1/s1. The van der Waals surface area contributed by atoms with Crippen molar-refractivity contribution in [1.82, 2.24) is 0 Å². The maximum atomic E-state index is 5.55. The van der Waals surface area contributed by atoms with Gasteiger partial charge in [-0.05, 0) is 25.7 Å². The molecule has 0 N–H and O–H groups in total. The predicted octanol–water partition coefficient (Wildman–Crippen LogP) is 1.36. The second-order valence-electron chi connectivity index (χ2n) is 3.81. The first-order valence-corrected chi connectivity index (χ1v) is 5.26. The van der Waals surface area contributed by atoms with E-state index in [-0.39, 0.29) is 0 Å². The molecule has 76 valence electrons. The van der Waals surface area contributed by atoms with Crippen LogP contribution in [0.3, 0.4) is 0 Å². The molecule has 0 aromatic carbocycles. The molecule has 0 spiro atoms. The van der Waals surface area contributed by atoms with Crippen molar-refractivity contribution in [2.45, 2.75) is 37.9 Å². The van der Waals surface area contributed by atoms with E-state index in [1.807, 2.05) is 0 Å². The van der Waals surface area contributed by atoms with Crippen LogP contribution in [-0.4, -0.2) is 38.6 Å². The topological polar surface area (TPSA) is 27.7 Å². The summed E-state index contributed by atoms with van der Waals surface area (Å²) in [6.45, 7) is 3.32. The van der Waals surface area contributed by atoms with E-state index in [0.717, 1.165) is 39.3 Å². The molecule has 0 amide bonds. The van der Waals surface area contributed by atoms with E-state index in [1.165, 1.54) is 12.8 Å². The summed E-state index contributed by atoms with van der Waals surface area (Å²) < 4.78 is 16.5. The van der Waals surface area contributed by atoms with Crippen molar-refractivity contribution in [2.75, 3.05) is 26.4 Å². The molecule has 3 nitrogen and oxygen atoms in total. The van der Waals surface area contributed by atoms with Crippen LogP contribution >= 0.6 is 0 Å². The fraction of sp³-hybridized carbons (Fsp3) is 1.00. The molecule has 0 saturated carbocycles. The predicted molar refractivity (Wildman–Crippen MR) is 48.8 cm³/mol. The highest BCUT2D eigenvalue weighted by molar-refractivity contribution is 4.66. The van der Waals surface area contributed by atoms with Gasteiger partial charge in [0.2, 0.25) is 0 Å². The molecule has 0 bridgehead atoms. The highest BCUT2D eigenvalue weighted by Gasteiger charge is 2.18. The Balaban J connectivity index is 1.52. The minimum Gasteiger partial charge on any atom is -0.376 e. The zero-order valence-corrected chi connectivity index (χ0v) is 8.04. The molecule has 2 rings (SSSR count). The lowest BCUT2D eigenvalue weighted by atomic mass is 10.2. The summed E-state index contributed by atoms with van der Waals surface area (Å²) in [6, 6.07) is 0. The number of hydrogen-bond acceptors (Lipinski definition) is 3. The van der Waals surface area contributed by atoms with Gasteiger partial charge in [-0.15, -0.1) is 0 Å². The van der Waals surface area contributed by atoms with Crippen molar-refractivity contribution in [3.05, 3.63) is 0 Å². The molecule has 0 aromatic rings. The van der Waals surface area contributed by atoms with Crippen molar-refractivity contribution in [1.29, 1.82) is 0 Å². The van der Waals surface area contributed by atoms with Crippen LogP contribution in [0.5, 0.6) is 0 Å². The molecule has 13 heavy (non-hydrogen) atoms. The van der Waals surface area contributed by atoms with Gasteiger partial charge in [0.1, 0.15) is 0 Å². The Morgan fingerprint density at radius 1 is 0.923 bits per heavy atom. The van der Waals surface area contributed by atoms with Gasteiger partial charge in [-0.25, -0.2) is 0 Å². The van der Waals surface area contributed by atoms with Gasteiger partial charge in [0.25, 0.3) is 0 Å². The molecule has 2 saturated heterocycles. The molecule has 3 heteroatoms. The Hall–Kier alpha value is -0.120. The number of rotatable bonds is 4. The minimum absolute atomic E-state index is 0.349. The Morgan fingerprint density at radius 3 is 1.85 bits per heavy atom. The average Bonchev–Trinajstić information content (AvgIpc) is 2.75. The summed E-state index contributed by atoms with van der Waals surface area (Å²) >= 11 is 0. The van der Waals surface area contributed by atoms with Crippen LogP contribution in [0.1, 0.15) is 25.7 Å². The summed E-state index contributed by atoms with van der Waals surface area (Å²) in [4.78, 5) is 0. The van der Waals surface area contributed by atoms with E-state index in [2.05, 4.69) is 0 Å². The van der Waals surface area contributed by atoms with Gasteiger partial charge in [0.05, 0.1) is 25.4 Å². The molecule has 2 fully saturated rings. The largest absolute Gasteiger partial charge is 0.376 e. The summed E-state index contributed by atoms with van der Waals surface area (Å²) in [5, 5.41) is 0. The third-order valence-corrected chi connectivity index (χ3v) is 2.66. The fourth-order valence-electron chi connectivity index (χ4n) is 1.88. The Bertz CT molecular complexity index is 121. The van der Waals surface area contributed by atoms with E-state index < -0.39 is 0 Å². The lowest BCUT2D eigenvalue weighted by Crippen LogP contribution is -2.20. The fourth-order valence-corrected chi connectivity index (χ4v) is 1.88. The quantitative estimate of drug-likeness (QED) is 0.663. The average molecular weight is 186 g/mol. The smallest absolute Gasteiger partial charge is 0.0809 e. The van der Waals surface area contributed by atoms with Gasteiger partial charge in [-0.3, -0.25) is 0 Å². The third-order valence-electron chi connectivity index (χ3n) is 2.66. The molecule has 2 aliphatic heterocycles. The summed E-state index contributed by atoms with van der Waals surface area (Å²) in [7, 11) is 0. The van der Waals surface area contributed by atoms with Gasteiger partial charge in [0, 0.05) is 13.2 Å². The SMILES string of the molecule is C1CO[C@@H](COC[C@H]2CCCO2)C1. The van der Waals surface area contributed by atoms with Crippen LogP contribution in [-0.2, 0) is 14.2 Å². The van der Waals surface area contributed by atoms with E-state index in [9.17, 15) is 0 Å². The first-order chi connectivity index (χ1) is 6.45. The van der Waals surface area contributed by atoms with Gasteiger partial charge in [-0.2, -0.15) is 0 Å². The van der Waals surface area contributed by atoms with Crippen LogP contribution < -0.4 is 0 Å². The summed E-state index contributed by atoms with van der Waals surface area (Å²) in [5.41, 5.74) is 0. The molecule has 2 atom stereocenters. The number of ether oxygens (including phenoxy) is 3. The van der Waals surface area contributed by atoms with Crippen molar-refractivity contribution in [3.63, 3.8) is 0 Å². The molecular weight excluding hydrogens is 168 g/mol. The van der Waals surface area contributed by atoms with Crippen molar-refractivity contribution in [3.8, 4) is 0 Å². The van der Waals surface area contributed by atoms with E-state index >= 15 is 0 Å². The Labute approximate surface area is 79.4 Å². The second kappa shape index (κ2) is 4.94. The highest BCUT2D eigenvalue weighted by atomic mass is 16.6. The molecular formula is C10H18O3. The van der Waals surface area contributed by atoms with Gasteiger partial charge in [-0.1, -0.05) is 0 Å². The molecule has 2 heterocycles. The maximum Gasteiger partial charge on any atom is 0.0809 e. The zero-order chi connectivity index (χ0) is 8.93. The molecule has 0 unspecified atom stereocenters. The van der Waals surface area contributed by atoms with Crippen molar-refractivity contribution in [2.24, 2.45) is 0 Å². The summed E-state index contributed by atoms with van der Waals surface area (Å²) in [5.74, 6) is 0. The van der Waals surface area contributed by atoms with Crippen LogP contribution in [0, 0.1) is 0 Å². The van der Waals surface area contributed by atoms with Crippen LogP contribution in [0.2, 0.25) is 0 Å². The zero-order valence-electron chi connectivity index (χ0n) is 8.04. The first kappa shape index (κ1) is 9.44. The lowest BCUT2D eigenvalue weighted by molar-refractivity contribution is -0.0245. The normalized spacial score (nSPS) is 34.2. The van der Waals surface area contributed by atoms with Crippen LogP contribution in [0.15, 0.2) is 0 Å².